The van der Waals surface area contributed by atoms with Crippen LogP contribution >= 0.6 is 47.4 Å². The summed E-state index contributed by atoms with van der Waals surface area (Å²) in [7, 11) is 0. The Morgan fingerprint density at radius 2 is 0.538 bits per heavy atom. The number of rotatable bonds is 34. The van der Waals surface area contributed by atoms with E-state index in [0.717, 1.165) is 6.54 Å². The molecule has 0 rings (SSSR count). The summed E-state index contributed by atoms with van der Waals surface area (Å²) in [5, 5.41) is 3.12. The standard InChI is InChI=1S/C35H70INS2/c36-33-31-29-27-25-23-21-19-17-15-13-11-9-7-5-3-1-2-4-6-8-10-12-14-16-18-20-22-24-26-28-30-32-34-37-35(38)39/h1-34H2,(H2,37,38,39). The highest BCUT2D eigenvalue weighted by molar-refractivity contribution is 14.1. The van der Waals surface area contributed by atoms with Crippen LogP contribution in [0.15, 0.2) is 0 Å². The molecular formula is C35H70INS2. The van der Waals surface area contributed by atoms with Gasteiger partial charge in [-0.25, -0.2) is 0 Å². The summed E-state index contributed by atoms with van der Waals surface area (Å²) in [6.45, 7) is 0.988. The lowest BCUT2D eigenvalue weighted by molar-refractivity contribution is 0.512. The first-order valence-corrected chi connectivity index (χ1v) is 20.2. The summed E-state index contributed by atoms with van der Waals surface area (Å²) in [4.78, 5) is 0. The minimum atomic E-state index is 0.630. The number of alkyl halides is 1. The van der Waals surface area contributed by atoms with Crippen LogP contribution in [0.1, 0.15) is 205 Å². The number of hydrogen-bond acceptors (Lipinski definition) is 1. The molecule has 4 heteroatoms. The van der Waals surface area contributed by atoms with Gasteiger partial charge in [0.2, 0.25) is 0 Å². The van der Waals surface area contributed by atoms with Crippen molar-refractivity contribution in [1.29, 1.82) is 0 Å². The van der Waals surface area contributed by atoms with Gasteiger partial charge in [-0.15, -0.1) is 12.6 Å². The SMILES string of the molecule is S=C(S)NCCCCCCCCCCCCCCCCCCCCCCCCCCCCCCCCCCI. The molecule has 0 bridgehead atoms. The first-order valence-electron chi connectivity index (χ1n) is 17.8. The third kappa shape index (κ3) is 39.0. The lowest BCUT2D eigenvalue weighted by atomic mass is 10.0. The van der Waals surface area contributed by atoms with E-state index in [1.165, 1.54) is 210 Å². The molecule has 0 saturated heterocycles. The zero-order chi connectivity index (χ0) is 28.3. The average Bonchev–Trinajstić information content (AvgIpc) is 2.93. The fourth-order valence-electron chi connectivity index (χ4n) is 5.72. The third-order valence-corrected chi connectivity index (χ3v) is 9.40. The number of thiol groups is 1. The maximum atomic E-state index is 4.90. The molecule has 0 aliphatic rings. The van der Waals surface area contributed by atoms with Gasteiger partial charge in [0, 0.05) is 6.54 Å². The molecule has 0 aliphatic heterocycles. The Morgan fingerprint density at radius 3 is 0.718 bits per heavy atom. The molecule has 0 radical (unpaired) electrons. The first-order chi connectivity index (χ1) is 19.3. The van der Waals surface area contributed by atoms with Gasteiger partial charge in [-0.1, -0.05) is 227 Å². The third-order valence-electron chi connectivity index (χ3n) is 8.34. The van der Waals surface area contributed by atoms with Crippen molar-refractivity contribution in [2.75, 3.05) is 11.0 Å². The highest BCUT2D eigenvalue weighted by atomic mass is 127. The Balaban J connectivity index is 3.02. The van der Waals surface area contributed by atoms with E-state index in [1.807, 2.05) is 0 Å². The van der Waals surface area contributed by atoms with Crippen LogP contribution in [0.25, 0.3) is 0 Å². The second kappa shape index (κ2) is 37.0. The van der Waals surface area contributed by atoms with Gasteiger partial charge in [-0.3, -0.25) is 0 Å². The predicted octanol–water partition coefficient (Wildman–Crippen LogP) is 13.7. The minimum Gasteiger partial charge on any atom is -0.371 e. The van der Waals surface area contributed by atoms with Crippen LogP contribution in [0, 0.1) is 0 Å². The van der Waals surface area contributed by atoms with Gasteiger partial charge < -0.3 is 5.32 Å². The van der Waals surface area contributed by atoms with E-state index in [0.29, 0.717) is 4.32 Å². The minimum absolute atomic E-state index is 0.630. The monoisotopic (exact) mass is 695 g/mol. The van der Waals surface area contributed by atoms with E-state index < -0.39 is 0 Å². The van der Waals surface area contributed by atoms with Gasteiger partial charge in [-0.05, 0) is 17.3 Å². The van der Waals surface area contributed by atoms with Crippen molar-refractivity contribution in [3.8, 4) is 0 Å². The molecule has 0 fully saturated rings. The summed E-state index contributed by atoms with van der Waals surface area (Å²) < 4.78 is 1.97. The molecule has 0 aromatic heterocycles. The number of nitrogens with one attached hydrogen (secondary N) is 1. The smallest absolute Gasteiger partial charge is 0.130 e. The molecule has 1 nitrogen and oxygen atoms in total. The maximum absolute atomic E-state index is 4.90. The molecule has 0 aliphatic carbocycles. The van der Waals surface area contributed by atoms with E-state index in [2.05, 4.69) is 40.5 Å². The largest absolute Gasteiger partial charge is 0.371 e. The van der Waals surface area contributed by atoms with Crippen LogP contribution in [0.4, 0.5) is 0 Å². The number of hydrogen-bond donors (Lipinski definition) is 2. The summed E-state index contributed by atoms with van der Waals surface area (Å²) in [5.41, 5.74) is 0. The molecule has 0 amide bonds. The summed E-state index contributed by atoms with van der Waals surface area (Å²) >= 11 is 11.5. The number of halogens is 1. The zero-order valence-electron chi connectivity index (χ0n) is 26.3. The highest BCUT2D eigenvalue weighted by Crippen LogP contribution is 2.16. The summed E-state index contributed by atoms with van der Waals surface area (Å²) in [5.74, 6) is 0. The summed E-state index contributed by atoms with van der Waals surface area (Å²) in [6.07, 6.45) is 46.6. The van der Waals surface area contributed by atoms with Crippen LogP contribution in [-0.2, 0) is 0 Å². The van der Waals surface area contributed by atoms with Crippen LogP contribution in [0.2, 0.25) is 0 Å². The zero-order valence-corrected chi connectivity index (χ0v) is 30.1. The van der Waals surface area contributed by atoms with Crippen LogP contribution in [0.5, 0.6) is 0 Å². The van der Waals surface area contributed by atoms with Crippen molar-refractivity contribution in [3.05, 3.63) is 0 Å². The second-order valence-electron chi connectivity index (χ2n) is 12.2. The maximum Gasteiger partial charge on any atom is 0.130 e. The molecule has 0 aromatic rings. The van der Waals surface area contributed by atoms with Crippen molar-refractivity contribution >= 4 is 51.8 Å². The molecule has 0 spiro atoms. The predicted molar refractivity (Wildman–Crippen MR) is 196 cm³/mol. The van der Waals surface area contributed by atoms with Crippen molar-refractivity contribution in [1.82, 2.24) is 5.32 Å². The van der Waals surface area contributed by atoms with Gasteiger partial charge in [-0.2, -0.15) is 0 Å². The molecule has 0 atom stereocenters. The lowest BCUT2D eigenvalue weighted by Crippen LogP contribution is -2.17. The molecule has 234 valence electrons. The Bertz CT molecular complexity index is 460. The van der Waals surface area contributed by atoms with Crippen molar-refractivity contribution in [3.63, 3.8) is 0 Å². The average molecular weight is 696 g/mol. The molecule has 39 heavy (non-hydrogen) atoms. The molecule has 0 aromatic carbocycles. The second-order valence-corrected chi connectivity index (χ2v) is 14.5. The fraction of sp³-hybridized carbons (Fsp3) is 0.971. The van der Waals surface area contributed by atoms with Crippen LogP contribution < -0.4 is 5.32 Å². The molecule has 0 unspecified atom stereocenters. The van der Waals surface area contributed by atoms with E-state index in [4.69, 9.17) is 12.2 Å². The Kier molecular flexibility index (Phi) is 37.9. The van der Waals surface area contributed by atoms with Crippen molar-refractivity contribution in [2.24, 2.45) is 0 Å². The van der Waals surface area contributed by atoms with Gasteiger partial charge in [0.25, 0.3) is 0 Å². The van der Waals surface area contributed by atoms with Crippen LogP contribution in [-0.4, -0.2) is 15.3 Å². The Morgan fingerprint density at radius 1 is 0.359 bits per heavy atom. The van der Waals surface area contributed by atoms with Gasteiger partial charge in [0.05, 0.1) is 0 Å². The first kappa shape index (κ1) is 40.0. The molecule has 0 saturated carbocycles. The normalized spacial score (nSPS) is 11.3. The topological polar surface area (TPSA) is 12.0 Å². The van der Waals surface area contributed by atoms with E-state index in [9.17, 15) is 0 Å². The number of thiocarbonyl (C=S) groups is 1. The van der Waals surface area contributed by atoms with E-state index in [-0.39, 0.29) is 0 Å². The lowest BCUT2D eigenvalue weighted by Gasteiger charge is -2.05. The van der Waals surface area contributed by atoms with E-state index in [1.54, 1.807) is 0 Å². The molecule has 1 N–H and O–H groups in total. The molecular weight excluding hydrogens is 625 g/mol. The van der Waals surface area contributed by atoms with Gasteiger partial charge >= 0.3 is 0 Å². The van der Waals surface area contributed by atoms with Crippen LogP contribution in [0.3, 0.4) is 0 Å². The van der Waals surface area contributed by atoms with E-state index >= 15 is 0 Å². The highest BCUT2D eigenvalue weighted by Gasteiger charge is 1.97. The van der Waals surface area contributed by atoms with Crippen molar-refractivity contribution in [2.45, 2.75) is 205 Å². The van der Waals surface area contributed by atoms with Crippen molar-refractivity contribution < 1.29 is 0 Å². The quantitative estimate of drug-likeness (QED) is 0.0228. The Labute approximate surface area is 271 Å². The molecule has 0 heterocycles. The Hall–Kier alpha value is 0.970. The summed E-state index contributed by atoms with van der Waals surface area (Å²) in [6, 6.07) is 0. The number of unbranched alkanes of at least 4 members (excludes halogenated alkanes) is 31. The van der Waals surface area contributed by atoms with Gasteiger partial charge in [0.15, 0.2) is 0 Å². The fourth-order valence-corrected chi connectivity index (χ4v) is 6.47. The van der Waals surface area contributed by atoms with Gasteiger partial charge in [0.1, 0.15) is 4.32 Å².